The van der Waals surface area contributed by atoms with Gasteiger partial charge in [0.1, 0.15) is 11.2 Å². The first-order valence-corrected chi connectivity index (χ1v) is 16.3. The van der Waals surface area contributed by atoms with E-state index in [1.165, 1.54) is 22.3 Å². The summed E-state index contributed by atoms with van der Waals surface area (Å²) in [6, 6.07) is 58.7. The van der Waals surface area contributed by atoms with Crippen molar-refractivity contribution in [3.05, 3.63) is 175 Å². The molecule has 1 aliphatic rings. The van der Waals surface area contributed by atoms with Gasteiger partial charge in [-0.1, -0.05) is 141 Å². The molecule has 7 aromatic carbocycles. The average molecular weight is 604 g/mol. The van der Waals surface area contributed by atoms with Gasteiger partial charge in [-0.05, 0) is 69.8 Å². The molecule has 224 valence electrons. The van der Waals surface area contributed by atoms with Crippen molar-refractivity contribution in [2.24, 2.45) is 0 Å². The van der Waals surface area contributed by atoms with Crippen molar-refractivity contribution in [3.8, 4) is 33.4 Å². The Morgan fingerprint density at radius 1 is 0.404 bits per heavy atom. The third-order valence-electron chi connectivity index (χ3n) is 9.85. The van der Waals surface area contributed by atoms with Gasteiger partial charge in [0.15, 0.2) is 0 Å². The number of fused-ring (bicyclic) bond motifs is 6. The van der Waals surface area contributed by atoms with Gasteiger partial charge in [0.25, 0.3) is 0 Å². The van der Waals surface area contributed by atoms with Crippen molar-refractivity contribution in [2.45, 2.75) is 19.3 Å². The van der Waals surface area contributed by atoms with E-state index in [4.69, 9.17) is 4.42 Å². The summed E-state index contributed by atoms with van der Waals surface area (Å²) in [5, 5.41) is 2.21. The van der Waals surface area contributed by atoms with Crippen LogP contribution in [-0.2, 0) is 5.41 Å². The Kier molecular flexibility index (Phi) is 6.20. The maximum Gasteiger partial charge on any atom is 0.143 e. The van der Waals surface area contributed by atoms with Gasteiger partial charge in [0.2, 0.25) is 0 Å². The minimum Gasteiger partial charge on any atom is -0.455 e. The number of hydrogen-bond donors (Lipinski definition) is 0. The molecule has 0 amide bonds. The maximum absolute atomic E-state index is 6.87. The third-order valence-corrected chi connectivity index (χ3v) is 9.85. The molecule has 1 heterocycles. The molecule has 8 aromatic rings. The van der Waals surface area contributed by atoms with Gasteiger partial charge in [0.05, 0.1) is 0 Å². The standard InChI is InChI=1S/C45H33NO/c1-45(2)41-24-13-12-21-36(41)37-26-25-33(29-42(37)45)46(32-19-10-5-11-20-32)34-27-39(31-17-8-4-9-18-31)44-40(28-34)38-23-14-22-35(43(38)47-44)30-15-6-3-7-16-30/h3-29H,1-2H3. The lowest BCUT2D eigenvalue weighted by Gasteiger charge is -2.28. The Morgan fingerprint density at radius 3 is 1.74 bits per heavy atom. The van der Waals surface area contributed by atoms with E-state index in [1.54, 1.807) is 0 Å². The highest BCUT2D eigenvalue weighted by atomic mass is 16.3. The second-order valence-corrected chi connectivity index (χ2v) is 13.0. The normalized spacial score (nSPS) is 13.1. The van der Waals surface area contributed by atoms with Crippen LogP contribution in [0.4, 0.5) is 17.1 Å². The fourth-order valence-electron chi connectivity index (χ4n) is 7.55. The Bertz CT molecular complexity index is 2420. The molecular weight excluding hydrogens is 571 g/mol. The van der Waals surface area contributed by atoms with Crippen LogP contribution in [0, 0.1) is 0 Å². The lowest BCUT2D eigenvalue weighted by Crippen LogP contribution is -2.16. The summed E-state index contributed by atoms with van der Waals surface area (Å²) < 4.78 is 6.87. The number of hydrogen-bond acceptors (Lipinski definition) is 2. The molecule has 0 spiro atoms. The molecule has 2 nitrogen and oxygen atoms in total. The highest BCUT2D eigenvalue weighted by Crippen LogP contribution is 2.51. The Balaban J connectivity index is 1.32. The number of furan rings is 1. The van der Waals surface area contributed by atoms with Crippen LogP contribution in [0.5, 0.6) is 0 Å². The van der Waals surface area contributed by atoms with Gasteiger partial charge in [-0.25, -0.2) is 0 Å². The lowest BCUT2D eigenvalue weighted by molar-refractivity contribution is 0.660. The van der Waals surface area contributed by atoms with Crippen LogP contribution in [0.1, 0.15) is 25.0 Å². The SMILES string of the molecule is CC1(C)c2ccccc2-c2ccc(N(c3ccccc3)c3cc(-c4ccccc4)c4oc5c(-c6ccccc6)cccc5c4c3)cc21. The second kappa shape index (κ2) is 10.6. The van der Waals surface area contributed by atoms with Crippen molar-refractivity contribution in [3.63, 3.8) is 0 Å². The van der Waals surface area contributed by atoms with Crippen molar-refractivity contribution in [2.75, 3.05) is 4.90 Å². The summed E-state index contributed by atoms with van der Waals surface area (Å²) >= 11 is 0. The second-order valence-electron chi connectivity index (χ2n) is 13.0. The molecule has 0 N–H and O–H groups in total. The number of rotatable bonds is 5. The summed E-state index contributed by atoms with van der Waals surface area (Å²) in [5.41, 5.74) is 14.9. The molecule has 0 radical (unpaired) electrons. The highest BCUT2D eigenvalue weighted by Gasteiger charge is 2.35. The Morgan fingerprint density at radius 2 is 1.00 bits per heavy atom. The zero-order valence-electron chi connectivity index (χ0n) is 26.4. The summed E-state index contributed by atoms with van der Waals surface area (Å²) in [5.74, 6) is 0. The minimum absolute atomic E-state index is 0.0992. The van der Waals surface area contributed by atoms with Crippen LogP contribution in [0.15, 0.2) is 168 Å². The Hall–Kier alpha value is -5.86. The van der Waals surface area contributed by atoms with Gasteiger partial charge in [0, 0.05) is 44.4 Å². The van der Waals surface area contributed by atoms with Crippen LogP contribution in [-0.4, -0.2) is 0 Å². The number of benzene rings is 7. The largest absolute Gasteiger partial charge is 0.455 e. The summed E-state index contributed by atoms with van der Waals surface area (Å²) in [6.07, 6.45) is 0. The highest BCUT2D eigenvalue weighted by molar-refractivity contribution is 6.14. The molecule has 9 rings (SSSR count). The molecule has 0 atom stereocenters. The van der Waals surface area contributed by atoms with Crippen LogP contribution in [0.3, 0.4) is 0 Å². The van der Waals surface area contributed by atoms with E-state index >= 15 is 0 Å². The van der Waals surface area contributed by atoms with E-state index in [9.17, 15) is 0 Å². The number of para-hydroxylation sites is 2. The van der Waals surface area contributed by atoms with Gasteiger partial charge in [-0.3, -0.25) is 0 Å². The van der Waals surface area contributed by atoms with Gasteiger partial charge in [-0.15, -0.1) is 0 Å². The summed E-state index contributed by atoms with van der Waals surface area (Å²) in [7, 11) is 0. The monoisotopic (exact) mass is 603 g/mol. The first-order chi connectivity index (χ1) is 23.1. The van der Waals surface area contributed by atoms with E-state index < -0.39 is 0 Å². The molecule has 0 saturated heterocycles. The predicted octanol–water partition coefficient (Wildman–Crippen LogP) is 12.7. The van der Waals surface area contributed by atoms with Crippen molar-refractivity contribution >= 4 is 39.0 Å². The number of anilines is 3. The summed E-state index contributed by atoms with van der Waals surface area (Å²) in [4.78, 5) is 2.39. The zero-order chi connectivity index (χ0) is 31.5. The topological polar surface area (TPSA) is 16.4 Å². The quantitative estimate of drug-likeness (QED) is 0.195. The molecule has 0 aliphatic heterocycles. The van der Waals surface area contributed by atoms with E-state index in [0.717, 1.165) is 61.3 Å². The van der Waals surface area contributed by atoms with Crippen molar-refractivity contribution in [1.82, 2.24) is 0 Å². The van der Waals surface area contributed by atoms with Gasteiger partial charge in [-0.2, -0.15) is 0 Å². The predicted molar refractivity (Wildman–Crippen MR) is 197 cm³/mol. The van der Waals surface area contributed by atoms with E-state index in [-0.39, 0.29) is 5.41 Å². The van der Waals surface area contributed by atoms with E-state index in [0.29, 0.717) is 0 Å². The smallest absolute Gasteiger partial charge is 0.143 e. The van der Waals surface area contributed by atoms with Gasteiger partial charge < -0.3 is 9.32 Å². The fourth-order valence-corrected chi connectivity index (χ4v) is 7.55. The lowest BCUT2D eigenvalue weighted by atomic mass is 9.82. The molecule has 0 unspecified atom stereocenters. The minimum atomic E-state index is -0.0992. The molecule has 2 heteroatoms. The van der Waals surface area contributed by atoms with Crippen LogP contribution in [0.25, 0.3) is 55.3 Å². The molecule has 0 bridgehead atoms. The van der Waals surface area contributed by atoms with E-state index in [1.807, 2.05) is 0 Å². The van der Waals surface area contributed by atoms with Crippen LogP contribution in [0.2, 0.25) is 0 Å². The fraction of sp³-hybridized carbons (Fsp3) is 0.0667. The zero-order valence-corrected chi connectivity index (χ0v) is 26.4. The first-order valence-electron chi connectivity index (χ1n) is 16.3. The molecule has 47 heavy (non-hydrogen) atoms. The van der Waals surface area contributed by atoms with Crippen LogP contribution < -0.4 is 4.90 Å². The number of nitrogens with zero attached hydrogens (tertiary/aromatic N) is 1. The van der Waals surface area contributed by atoms with E-state index in [2.05, 4.69) is 183 Å². The maximum atomic E-state index is 6.87. The van der Waals surface area contributed by atoms with Crippen molar-refractivity contribution < 1.29 is 4.42 Å². The van der Waals surface area contributed by atoms with Crippen molar-refractivity contribution in [1.29, 1.82) is 0 Å². The van der Waals surface area contributed by atoms with Gasteiger partial charge >= 0.3 is 0 Å². The Labute approximate surface area is 275 Å². The molecule has 0 saturated carbocycles. The third kappa shape index (κ3) is 4.33. The molecule has 0 fully saturated rings. The molecular formula is C45H33NO. The molecule has 1 aromatic heterocycles. The summed E-state index contributed by atoms with van der Waals surface area (Å²) in [6.45, 7) is 4.69. The molecule has 1 aliphatic carbocycles. The first kappa shape index (κ1) is 27.5. The van der Waals surface area contributed by atoms with Crippen LogP contribution >= 0.6 is 0 Å². The average Bonchev–Trinajstić information content (AvgIpc) is 3.61.